The van der Waals surface area contributed by atoms with Crippen molar-refractivity contribution in [1.29, 1.82) is 0 Å². The molecule has 0 amide bonds. The number of nitrogens with one attached hydrogen (secondary N) is 1. The highest BCUT2D eigenvalue weighted by atomic mass is 16.5. The van der Waals surface area contributed by atoms with E-state index in [9.17, 15) is 0 Å². The molecule has 0 atom stereocenters. The molecule has 0 aliphatic rings. The highest BCUT2D eigenvalue weighted by Crippen LogP contribution is 2.01. The number of ether oxygens (including phenoxy) is 1. The van der Waals surface area contributed by atoms with Crippen LogP contribution >= 0.6 is 0 Å². The van der Waals surface area contributed by atoms with Gasteiger partial charge in [-0.3, -0.25) is 4.68 Å². The monoisotopic (exact) mass is 226 g/mol. The first kappa shape index (κ1) is 13.0. The Labute approximate surface area is 97.2 Å². The van der Waals surface area contributed by atoms with Crippen molar-refractivity contribution >= 4 is 0 Å². The summed E-state index contributed by atoms with van der Waals surface area (Å²) < 4.78 is 7.03. The Hall–Kier alpha value is -1.10. The molecule has 0 spiro atoms. The van der Waals surface area contributed by atoms with Crippen LogP contribution < -0.4 is 10.1 Å². The Morgan fingerprint density at radius 3 is 2.88 bits per heavy atom. The van der Waals surface area contributed by atoms with Gasteiger partial charge in [-0.15, -0.1) is 5.10 Å². The molecule has 5 nitrogen and oxygen atoms in total. The third-order valence-corrected chi connectivity index (χ3v) is 2.23. The zero-order valence-corrected chi connectivity index (χ0v) is 10.3. The van der Waals surface area contributed by atoms with Crippen molar-refractivity contribution in [2.24, 2.45) is 7.05 Å². The molecule has 5 heteroatoms. The maximum Gasteiger partial charge on any atom is 0.335 e. The SMILES string of the molecule is CCCNCCCCCOc1ncn(C)n1. The van der Waals surface area contributed by atoms with Crippen LogP contribution in [0.3, 0.4) is 0 Å². The summed E-state index contributed by atoms with van der Waals surface area (Å²) in [5.74, 6) is 0. The molecular formula is C11H22N4O. The van der Waals surface area contributed by atoms with Gasteiger partial charge in [-0.1, -0.05) is 6.92 Å². The van der Waals surface area contributed by atoms with Gasteiger partial charge in [0.25, 0.3) is 0 Å². The van der Waals surface area contributed by atoms with Gasteiger partial charge in [0.15, 0.2) is 0 Å². The summed E-state index contributed by atoms with van der Waals surface area (Å²) in [4.78, 5) is 3.99. The average Bonchev–Trinajstić information content (AvgIpc) is 2.68. The molecular weight excluding hydrogens is 204 g/mol. The first-order valence-corrected chi connectivity index (χ1v) is 6.02. The lowest BCUT2D eigenvalue weighted by Crippen LogP contribution is -2.15. The third-order valence-electron chi connectivity index (χ3n) is 2.23. The van der Waals surface area contributed by atoms with E-state index in [2.05, 4.69) is 22.3 Å². The van der Waals surface area contributed by atoms with Crippen molar-refractivity contribution in [1.82, 2.24) is 20.1 Å². The molecule has 16 heavy (non-hydrogen) atoms. The minimum absolute atomic E-state index is 0.478. The zero-order chi connectivity index (χ0) is 11.6. The first-order chi connectivity index (χ1) is 7.83. The highest BCUT2D eigenvalue weighted by molar-refractivity contribution is 4.86. The summed E-state index contributed by atoms with van der Waals surface area (Å²) in [5, 5.41) is 7.42. The van der Waals surface area contributed by atoms with Crippen molar-refractivity contribution in [3.05, 3.63) is 6.33 Å². The average molecular weight is 226 g/mol. The van der Waals surface area contributed by atoms with Crippen LogP contribution in [-0.2, 0) is 7.05 Å². The van der Waals surface area contributed by atoms with E-state index < -0.39 is 0 Å². The number of rotatable bonds is 9. The highest BCUT2D eigenvalue weighted by Gasteiger charge is 1.98. The Morgan fingerprint density at radius 2 is 2.19 bits per heavy atom. The Balaban J connectivity index is 1.88. The van der Waals surface area contributed by atoms with Crippen LogP contribution in [0.5, 0.6) is 6.01 Å². The molecule has 0 saturated heterocycles. The lowest BCUT2D eigenvalue weighted by molar-refractivity contribution is 0.281. The summed E-state index contributed by atoms with van der Waals surface area (Å²) in [5.41, 5.74) is 0. The van der Waals surface area contributed by atoms with Crippen LogP contribution in [0.1, 0.15) is 32.6 Å². The largest absolute Gasteiger partial charge is 0.462 e. The van der Waals surface area contributed by atoms with Gasteiger partial charge in [-0.05, 0) is 38.8 Å². The Morgan fingerprint density at radius 1 is 1.31 bits per heavy atom. The molecule has 0 fully saturated rings. The van der Waals surface area contributed by atoms with Gasteiger partial charge in [-0.25, -0.2) is 0 Å². The van der Waals surface area contributed by atoms with E-state index in [-0.39, 0.29) is 0 Å². The van der Waals surface area contributed by atoms with Crippen LogP contribution in [0.2, 0.25) is 0 Å². The fourth-order valence-corrected chi connectivity index (χ4v) is 1.38. The Kier molecular flexibility index (Phi) is 6.56. The second kappa shape index (κ2) is 8.10. The molecule has 0 aliphatic carbocycles. The predicted octanol–water partition coefficient (Wildman–Crippen LogP) is 1.36. The number of aromatic nitrogens is 3. The van der Waals surface area contributed by atoms with Gasteiger partial charge in [0.05, 0.1) is 6.61 Å². The molecule has 0 aromatic carbocycles. The van der Waals surface area contributed by atoms with Crippen LogP contribution in [0, 0.1) is 0 Å². The lowest BCUT2D eigenvalue weighted by atomic mass is 10.2. The lowest BCUT2D eigenvalue weighted by Gasteiger charge is -2.03. The molecule has 1 aromatic rings. The van der Waals surface area contributed by atoms with E-state index in [1.807, 2.05) is 7.05 Å². The van der Waals surface area contributed by atoms with Crippen molar-refractivity contribution in [3.8, 4) is 6.01 Å². The normalized spacial score (nSPS) is 10.6. The molecule has 0 radical (unpaired) electrons. The van der Waals surface area contributed by atoms with E-state index in [0.29, 0.717) is 12.6 Å². The first-order valence-electron chi connectivity index (χ1n) is 6.02. The zero-order valence-electron chi connectivity index (χ0n) is 10.3. The smallest absolute Gasteiger partial charge is 0.335 e. The van der Waals surface area contributed by atoms with E-state index >= 15 is 0 Å². The minimum Gasteiger partial charge on any atom is -0.462 e. The van der Waals surface area contributed by atoms with Crippen molar-refractivity contribution < 1.29 is 4.74 Å². The van der Waals surface area contributed by atoms with Crippen LogP contribution in [-0.4, -0.2) is 34.5 Å². The van der Waals surface area contributed by atoms with Crippen LogP contribution in [0.4, 0.5) is 0 Å². The topological polar surface area (TPSA) is 52.0 Å². The van der Waals surface area contributed by atoms with E-state index in [1.54, 1.807) is 11.0 Å². The van der Waals surface area contributed by atoms with Gasteiger partial charge in [0.2, 0.25) is 0 Å². The van der Waals surface area contributed by atoms with Gasteiger partial charge in [0, 0.05) is 7.05 Å². The molecule has 0 saturated carbocycles. The predicted molar refractivity (Wildman–Crippen MR) is 63.5 cm³/mol. The summed E-state index contributed by atoms with van der Waals surface area (Å²) in [7, 11) is 1.83. The third kappa shape index (κ3) is 5.70. The van der Waals surface area contributed by atoms with Gasteiger partial charge in [0.1, 0.15) is 6.33 Å². The standard InChI is InChI=1S/C11H22N4O/c1-3-7-12-8-5-4-6-9-16-11-13-10-15(2)14-11/h10,12H,3-9H2,1-2H3. The molecule has 1 N–H and O–H groups in total. The fourth-order valence-electron chi connectivity index (χ4n) is 1.38. The molecule has 0 unspecified atom stereocenters. The van der Waals surface area contributed by atoms with Gasteiger partial charge in [-0.2, -0.15) is 4.98 Å². The Bertz CT molecular complexity index is 275. The molecule has 92 valence electrons. The molecule has 0 bridgehead atoms. The second-order valence-electron chi connectivity index (χ2n) is 3.86. The van der Waals surface area contributed by atoms with Crippen LogP contribution in [0.15, 0.2) is 6.33 Å². The number of aryl methyl sites for hydroxylation is 1. The molecule has 0 aliphatic heterocycles. The molecule has 1 aromatic heterocycles. The minimum atomic E-state index is 0.478. The summed E-state index contributed by atoms with van der Waals surface area (Å²) in [6, 6.07) is 0.478. The quantitative estimate of drug-likeness (QED) is 0.646. The fraction of sp³-hybridized carbons (Fsp3) is 0.818. The van der Waals surface area contributed by atoms with Crippen LogP contribution in [0.25, 0.3) is 0 Å². The number of unbranched alkanes of at least 4 members (excludes halogenated alkanes) is 2. The molecule has 1 heterocycles. The van der Waals surface area contributed by atoms with Gasteiger partial charge >= 0.3 is 6.01 Å². The maximum atomic E-state index is 5.39. The second-order valence-corrected chi connectivity index (χ2v) is 3.86. The molecule has 1 rings (SSSR count). The van der Waals surface area contributed by atoms with E-state index in [1.165, 1.54) is 19.3 Å². The van der Waals surface area contributed by atoms with E-state index in [4.69, 9.17) is 4.74 Å². The summed E-state index contributed by atoms with van der Waals surface area (Å²) in [6.07, 6.45) is 6.30. The summed E-state index contributed by atoms with van der Waals surface area (Å²) in [6.45, 7) is 5.11. The van der Waals surface area contributed by atoms with Crippen molar-refractivity contribution in [2.45, 2.75) is 32.6 Å². The van der Waals surface area contributed by atoms with E-state index in [0.717, 1.165) is 19.5 Å². The number of nitrogens with zero attached hydrogens (tertiary/aromatic N) is 3. The van der Waals surface area contributed by atoms with Gasteiger partial charge < -0.3 is 10.1 Å². The van der Waals surface area contributed by atoms with Crippen molar-refractivity contribution in [2.75, 3.05) is 19.7 Å². The maximum absolute atomic E-state index is 5.39. The number of hydrogen-bond acceptors (Lipinski definition) is 4. The number of hydrogen-bond donors (Lipinski definition) is 1. The summed E-state index contributed by atoms with van der Waals surface area (Å²) >= 11 is 0. The van der Waals surface area contributed by atoms with Crippen molar-refractivity contribution in [3.63, 3.8) is 0 Å².